The molecule has 0 radical (unpaired) electrons. The van der Waals surface area contributed by atoms with E-state index in [4.69, 9.17) is 9.47 Å². The van der Waals surface area contributed by atoms with Gasteiger partial charge in [0.2, 0.25) is 0 Å². The van der Waals surface area contributed by atoms with E-state index in [1.54, 1.807) is 0 Å². The summed E-state index contributed by atoms with van der Waals surface area (Å²) < 4.78 is 11.3. The van der Waals surface area contributed by atoms with Crippen molar-refractivity contribution in [2.24, 2.45) is 0 Å². The molecule has 1 aliphatic heterocycles. The van der Waals surface area contributed by atoms with E-state index in [1.165, 1.54) is 24.3 Å². The smallest absolute Gasteiger partial charge is 0.338 e. The Morgan fingerprint density at radius 1 is 1.12 bits per heavy atom. The Morgan fingerprint density at radius 3 is 2.21 bits per heavy atom. The zero-order valence-corrected chi connectivity index (χ0v) is 13.4. The molecule has 3 rings (SSSR count). The van der Waals surface area contributed by atoms with Crippen LogP contribution >= 0.6 is 0 Å². The van der Waals surface area contributed by atoms with Crippen LogP contribution in [0.5, 0.6) is 0 Å². The van der Waals surface area contributed by atoms with Crippen molar-refractivity contribution in [3.63, 3.8) is 0 Å². The summed E-state index contributed by atoms with van der Waals surface area (Å²) in [5.41, 5.74) is 0.0576. The zero-order valence-electron chi connectivity index (χ0n) is 13.4. The van der Waals surface area contributed by atoms with Gasteiger partial charge in [0.15, 0.2) is 5.60 Å². The molecule has 1 atom stereocenters. The number of ether oxygens (including phenoxy) is 2. The summed E-state index contributed by atoms with van der Waals surface area (Å²) in [7, 11) is 0. The largest absolute Gasteiger partial charge is 0.459 e. The van der Waals surface area contributed by atoms with Gasteiger partial charge < -0.3 is 9.47 Å². The van der Waals surface area contributed by atoms with E-state index in [1.807, 2.05) is 44.2 Å². The number of nitrogens with zero attached hydrogens (tertiary/aromatic N) is 1. The second-order valence-corrected chi connectivity index (χ2v) is 6.19. The van der Waals surface area contributed by atoms with Crippen LogP contribution in [0.25, 0.3) is 0 Å². The first-order chi connectivity index (χ1) is 11.4. The van der Waals surface area contributed by atoms with Crippen molar-refractivity contribution in [2.75, 3.05) is 6.61 Å². The van der Waals surface area contributed by atoms with Crippen molar-refractivity contribution in [2.45, 2.75) is 25.0 Å². The van der Waals surface area contributed by atoms with Gasteiger partial charge in [0.05, 0.1) is 10.5 Å². The molecule has 1 aliphatic rings. The number of epoxide rings is 1. The Balaban J connectivity index is 1.72. The molecule has 0 amide bonds. The topological polar surface area (TPSA) is 82.0 Å². The van der Waals surface area contributed by atoms with Gasteiger partial charge in [-0.1, -0.05) is 30.3 Å². The van der Waals surface area contributed by atoms with Crippen LogP contribution in [0.15, 0.2) is 54.6 Å². The predicted molar refractivity (Wildman–Crippen MR) is 86.7 cm³/mol. The Hall–Kier alpha value is -2.73. The van der Waals surface area contributed by atoms with E-state index in [-0.39, 0.29) is 17.9 Å². The third-order valence-corrected chi connectivity index (χ3v) is 4.32. The highest BCUT2D eigenvalue weighted by Crippen LogP contribution is 2.55. The summed E-state index contributed by atoms with van der Waals surface area (Å²) in [6.07, 6.45) is 0. The van der Waals surface area contributed by atoms with Gasteiger partial charge >= 0.3 is 5.97 Å². The first-order valence-corrected chi connectivity index (χ1v) is 7.53. The van der Waals surface area contributed by atoms with Crippen molar-refractivity contribution in [3.05, 3.63) is 75.8 Å². The van der Waals surface area contributed by atoms with E-state index in [9.17, 15) is 14.9 Å². The van der Waals surface area contributed by atoms with Crippen LogP contribution in [0.2, 0.25) is 0 Å². The van der Waals surface area contributed by atoms with Gasteiger partial charge in [-0.15, -0.1) is 0 Å². The fourth-order valence-electron chi connectivity index (χ4n) is 2.78. The third-order valence-electron chi connectivity index (χ3n) is 4.32. The van der Waals surface area contributed by atoms with Gasteiger partial charge in [0.25, 0.3) is 5.69 Å². The molecule has 1 heterocycles. The van der Waals surface area contributed by atoms with E-state index in [0.29, 0.717) is 0 Å². The molecule has 2 aromatic carbocycles. The number of esters is 1. The highest BCUT2D eigenvalue weighted by molar-refractivity contribution is 5.89. The maximum absolute atomic E-state index is 12.2. The number of hydrogen-bond donors (Lipinski definition) is 0. The second kappa shape index (κ2) is 5.72. The van der Waals surface area contributed by atoms with Crippen LogP contribution in [0.4, 0.5) is 5.69 Å². The lowest BCUT2D eigenvalue weighted by atomic mass is 9.89. The number of nitro benzene ring substituents is 1. The molecule has 2 aromatic rings. The summed E-state index contributed by atoms with van der Waals surface area (Å²) in [4.78, 5) is 22.3. The monoisotopic (exact) mass is 327 g/mol. The van der Waals surface area contributed by atoms with Crippen molar-refractivity contribution in [3.8, 4) is 0 Å². The summed E-state index contributed by atoms with van der Waals surface area (Å²) in [5.74, 6) is -0.536. The van der Waals surface area contributed by atoms with Crippen LogP contribution in [0.1, 0.15) is 29.8 Å². The molecular formula is C18H17NO5. The van der Waals surface area contributed by atoms with Gasteiger partial charge in [-0.2, -0.15) is 0 Å². The highest BCUT2D eigenvalue weighted by atomic mass is 16.7. The number of carbonyl (C=O) groups excluding carboxylic acids is 1. The van der Waals surface area contributed by atoms with E-state index in [2.05, 4.69) is 0 Å². The molecule has 1 unspecified atom stereocenters. The molecule has 1 saturated heterocycles. The summed E-state index contributed by atoms with van der Waals surface area (Å²) >= 11 is 0. The summed E-state index contributed by atoms with van der Waals surface area (Å²) in [6, 6.07) is 14.9. The Morgan fingerprint density at radius 2 is 1.71 bits per heavy atom. The molecule has 1 fully saturated rings. The van der Waals surface area contributed by atoms with Crippen LogP contribution in [-0.2, 0) is 15.1 Å². The molecule has 0 saturated carbocycles. The van der Waals surface area contributed by atoms with E-state index >= 15 is 0 Å². The second-order valence-electron chi connectivity index (χ2n) is 6.19. The van der Waals surface area contributed by atoms with Crippen LogP contribution < -0.4 is 0 Å². The lowest BCUT2D eigenvalue weighted by molar-refractivity contribution is -0.384. The fourth-order valence-corrected chi connectivity index (χ4v) is 2.78. The standard InChI is InChI=1S/C18H17NO5/c1-17(2)18(24-17,14-6-4-3-5-7-14)12-23-16(20)13-8-10-15(11-9-13)19(21)22/h3-11H,12H2,1-2H3. The molecule has 124 valence electrons. The van der Waals surface area contributed by atoms with Crippen LogP contribution in [0.3, 0.4) is 0 Å². The minimum Gasteiger partial charge on any atom is -0.459 e. The quantitative estimate of drug-likeness (QED) is 0.363. The van der Waals surface area contributed by atoms with Crippen molar-refractivity contribution in [1.82, 2.24) is 0 Å². The van der Waals surface area contributed by atoms with E-state index in [0.717, 1.165) is 5.56 Å². The van der Waals surface area contributed by atoms with Gasteiger partial charge in [-0.05, 0) is 31.5 Å². The highest BCUT2D eigenvalue weighted by Gasteiger charge is 2.65. The van der Waals surface area contributed by atoms with Gasteiger partial charge in [0.1, 0.15) is 12.2 Å². The average Bonchev–Trinajstić information content (AvgIpc) is 3.16. The van der Waals surface area contributed by atoms with Crippen LogP contribution in [0, 0.1) is 10.1 Å². The molecule has 0 spiro atoms. The molecule has 24 heavy (non-hydrogen) atoms. The number of rotatable bonds is 5. The molecule has 0 N–H and O–H groups in total. The van der Waals surface area contributed by atoms with Crippen molar-refractivity contribution < 1.29 is 19.2 Å². The first kappa shape index (κ1) is 16.1. The Bertz CT molecular complexity index is 770. The Labute approximate surface area is 139 Å². The molecule has 0 aromatic heterocycles. The third kappa shape index (κ3) is 2.76. The number of nitro groups is 1. The molecule has 6 nitrogen and oxygen atoms in total. The lowest BCUT2D eigenvalue weighted by Gasteiger charge is -2.16. The number of carbonyl (C=O) groups is 1. The molecule has 0 bridgehead atoms. The normalized spacial score (nSPS) is 21.1. The molecule has 6 heteroatoms. The fraction of sp³-hybridized carbons (Fsp3) is 0.278. The number of benzene rings is 2. The van der Waals surface area contributed by atoms with E-state index < -0.39 is 22.1 Å². The minimum atomic E-state index is -0.662. The number of hydrogen-bond acceptors (Lipinski definition) is 5. The first-order valence-electron chi connectivity index (χ1n) is 7.53. The minimum absolute atomic E-state index is 0.0704. The summed E-state index contributed by atoms with van der Waals surface area (Å²) in [5, 5.41) is 10.6. The predicted octanol–water partition coefficient (Wildman–Crippen LogP) is 3.46. The maximum atomic E-state index is 12.2. The van der Waals surface area contributed by atoms with Crippen molar-refractivity contribution in [1.29, 1.82) is 0 Å². The zero-order chi connectivity index (χ0) is 17.4. The van der Waals surface area contributed by atoms with Crippen LogP contribution in [-0.4, -0.2) is 23.1 Å². The number of non-ortho nitro benzene ring substituents is 1. The maximum Gasteiger partial charge on any atom is 0.338 e. The molecule has 0 aliphatic carbocycles. The van der Waals surface area contributed by atoms with Crippen molar-refractivity contribution >= 4 is 11.7 Å². The Kier molecular flexibility index (Phi) is 3.85. The SMILES string of the molecule is CC1(C)OC1(COC(=O)c1ccc([N+](=O)[O-])cc1)c1ccccc1. The van der Waals surface area contributed by atoms with Gasteiger partial charge in [-0.3, -0.25) is 10.1 Å². The molecular weight excluding hydrogens is 310 g/mol. The van der Waals surface area contributed by atoms with Gasteiger partial charge in [0, 0.05) is 12.1 Å². The average molecular weight is 327 g/mol. The summed E-state index contributed by atoms with van der Waals surface area (Å²) in [6.45, 7) is 3.97. The lowest BCUT2D eigenvalue weighted by Crippen LogP contribution is -2.26. The van der Waals surface area contributed by atoms with Gasteiger partial charge in [-0.25, -0.2) is 4.79 Å².